The summed E-state index contributed by atoms with van der Waals surface area (Å²) in [6.07, 6.45) is 1.75. The van der Waals surface area contributed by atoms with E-state index in [1.165, 1.54) is 11.8 Å². The quantitative estimate of drug-likeness (QED) is 0.427. The van der Waals surface area contributed by atoms with Gasteiger partial charge >= 0.3 is 0 Å². The number of rotatable bonds is 8. The van der Waals surface area contributed by atoms with Crippen LogP contribution < -0.4 is 0 Å². The van der Waals surface area contributed by atoms with Crippen molar-refractivity contribution >= 4 is 29.0 Å². The van der Waals surface area contributed by atoms with Crippen LogP contribution in [0.15, 0.2) is 53.5 Å². The van der Waals surface area contributed by atoms with Crippen LogP contribution in [0.3, 0.4) is 0 Å². The Morgan fingerprint density at radius 2 is 2.07 bits per heavy atom. The summed E-state index contributed by atoms with van der Waals surface area (Å²) >= 11 is 2.99. The number of tetrazole rings is 1. The van der Waals surface area contributed by atoms with Crippen molar-refractivity contribution in [1.29, 1.82) is 0 Å². The molecule has 0 radical (unpaired) electrons. The minimum atomic E-state index is 0.0318. The van der Waals surface area contributed by atoms with E-state index >= 15 is 0 Å². The normalized spacial score (nSPS) is 10.7. The van der Waals surface area contributed by atoms with E-state index in [4.69, 9.17) is 0 Å². The van der Waals surface area contributed by atoms with Gasteiger partial charge in [0, 0.05) is 11.4 Å². The number of para-hydroxylation sites is 1. The summed E-state index contributed by atoms with van der Waals surface area (Å²) in [4.78, 5) is 15.7. The predicted molar refractivity (Wildman–Crippen MR) is 109 cm³/mol. The Hall–Kier alpha value is -2.45. The summed E-state index contributed by atoms with van der Waals surface area (Å²) in [6, 6.07) is 10.1. The summed E-state index contributed by atoms with van der Waals surface area (Å²) < 4.78 is 1.71. The monoisotopic (exact) mass is 399 g/mol. The van der Waals surface area contributed by atoms with Gasteiger partial charge in [-0.05, 0) is 46.8 Å². The number of aryl methyl sites for hydroxylation is 2. The first-order valence-corrected chi connectivity index (χ1v) is 10.4. The summed E-state index contributed by atoms with van der Waals surface area (Å²) in [7, 11) is 0. The lowest BCUT2D eigenvalue weighted by atomic mass is 10.1. The number of hydrogen-bond donors (Lipinski definition) is 0. The van der Waals surface area contributed by atoms with Crippen molar-refractivity contribution in [3.63, 3.8) is 0 Å². The second-order valence-corrected chi connectivity index (χ2v) is 8.02. The molecule has 8 heteroatoms. The lowest BCUT2D eigenvalue weighted by molar-refractivity contribution is -0.128. The van der Waals surface area contributed by atoms with Gasteiger partial charge in [0.15, 0.2) is 0 Å². The topological polar surface area (TPSA) is 63.9 Å². The first-order valence-electron chi connectivity index (χ1n) is 8.49. The zero-order valence-electron chi connectivity index (χ0n) is 15.3. The molecule has 2 aromatic heterocycles. The number of nitrogens with zero attached hydrogens (tertiary/aromatic N) is 5. The van der Waals surface area contributed by atoms with Gasteiger partial charge in [-0.3, -0.25) is 4.79 Å². The van der Waals surface area contributed by atoms with E-state index in [0.717, 1.165) is 21.7 Å². The number of amides is 1. The largest absolute Gasteiger partial charge is 0.333 e. The zero-order chi connectivity index (χ0) is 19.2. The number of thiophene rings is 1. The van der Waals surface area contributed by atoms with E-state index in [1.807, 2.05) is 49.6 Å². The highest BCUT2D eigenvalue weighted by Crippen LogP contribution is 2.24. The van der Waals surface area contributed by atoms with Crippen molar-refractivity contribution in [3.05, 3.63) is 64.4 Å². The van der Waals surface area contributed by atoms with Crippen molar-refractivity contribution < 1.29 is 4.79 Å². The molecule has 0 aliphatic carbocycles. The lowest BCUT2D eigenvalue weighted by Crippen LogP contribution is -2.31. The molecule has 1 aromatic carbocycles. The fourth-order valence-corrected chi connectivity index (χ4v) is 4.27. The van der Waals surface area contributed by atoms with Crippen molar-refractivity contribution in [2.45, 2.75) is 25.5 Å². The van der Waals surface area contributed by atoms with E-state index in [0.29, 0.717) is 18.2 Å². The summed E-state index contributed by atoms with van der Waals surface area (Å²) in [5, 5.41) is 14.7. The summed E-state index contributed by atoms with van der Waals surface area (Å²) in [5.74, 6) is 0.300. The first kappa shape index (κ1) is 19.3. The molecule has 0 spiro atoms. The maximum Gasteiger partial charge on any atom is 0.233 e. The molecule has 0 aliphatic rings. The Balaban J connectivity index is 1.72. The van der Waals surface area contributed by atoms with Crippen molar-refractivity contribution in [2.24, 2.45) is 0 Å². The second-order valence-electron chi connectivity index (χ2n) is 6.04. The second kappa shape index (κ2) is 8.96. The highest BCUT2D eigenvalue weighted by atomic mass is 32.2. The third-order valence-electron chi connectivity index (χ3n) is 4.05. The molecule has 1 amide bonds. The predicted octanol–water partition coefficient (Wildman–Crippen LogP) is 3.65. The molecule has 0 bridgehead atoms. The average Bonchev–Trinajstić information content (AvgIpc) is 3.31. The van der Waals surface area contributed by atoms with Crippen molar-refractivity contribution in [3.8, 4) is 5.69 Å². The van der Waals surface area contributed by atoms with Crippen LogP contribution in [0.5, 0.6) is 0 Å². The van der Waals surface area contributed by atoms with Crippen molar-refractivity contribution in [1.82, 2.24) is 25.1 Å². The fraction of sp³-hybridized carbons (Fsp3) is 0.263. The van der Waals surface area contributed by atoms with E-state index in [2.05, 4.69) is 22.1 Å². The molecular formula is C19H21N5OS2. The van der Waals surface area contributed by atoms with Gasteiger partial charge in [-0.2, -0.15) is 4.68 Å². The van der Waals surface area contributed by atoms with Gasteiger partial charge in [0.1, 0.15) is 0 Å². The third kappa shape index (κ3) is 4.64. The third-order valence-corrected chi connectivity index (χ3v) is 5.81. The van der Waals surface area contributed by atoms with Gasteiger partial charge in [-0.25, -0.2) is 0 Å². The molecule has 6 nitrogen and oxygen atoms in total. The van der Waals surface area contributed by atoms with E-state index in [-0.39, 0.29) is 11.7 Å². The van der Waals surface area contributed by atoms with Crippen LogP contribution in [0, 0.1) is 13.8 Å². The fourth-order valence-electron chi connectivity index (χ4n) is 2.77. The van der Waals surface area contributed by atoms with Crippen LogP contribution in [-0.2, 0) is 11.3 Å². The first-order chi connectivity index (χ1) is 13.1. The zero-order valence-corrected chi connectivity index (χ0v) is 17.0. The Bertz CT molecular complexity index is 900. The van der Waals surface area contributed by atoms with Gasteiger partial charge in [-0.1, -0.05) is 42.1 Å². The maximum atomic E-state index is 12.7. The Kier molecular flexibility index (Phi) is 6.41. The molecular weight excluding hydrogens is 378 g/mol. The molecule has 2 heterocycles. The standard InChI is InChI=1S/C19H21N5OS2/c1-4-10-23(12-16-9-6-11-26-16)17(25)13-27-19-20-21-22-24(19)18-14(2)7-5-8-15(18)3/h4-9,11H,1,10,12-13H2,2-3H3. The minimum Gasteiger partial charge on any atom is -0.333 e. The van der Waals surface area contributed by atoms with Gasteiger partial charge < -0.3 is 4.90 Å². The molecule has 3 aromatic rings. The van der Waals surface area contributed by atoms with Crippen LogP contribution >= 0.6 is 23.1 Å². The SMILES string of the molecule is C=CCN(Cc1cccs1)C(=O)CSc1nnnn1-c1c(C)cccc1C. The van der Waals surface area contributed by atoms with Gasteiger partial charge in [0.25, 0.3) is 0 Å². The van der Waals surface area contributed by atoms with Crippen LogP contribution in [-0.4, -0.2) is 43.3 Å². The molecule has 0 unspecified atom stereocenters. The number of aromatic nitrogens is 4. The van der Waals surface area contributed by atoms with Crippen molar-refractivity contribution in [2.75, 3.05) is 12.3 Å². The van der Waals surface area contributed by atoms with E-state index in [1.54, 1.807) is 27.0 Å². The molecule has 0 fully saturated rings. The van der Waals surface area contributed by atoms with Gasteiger partial charge in [0.2, 0.25) is 11.1 Å². The summed E-state index contributed by atoms with van der Waals surface area (Å²) in [5.41, 5.74) is 3.13. The average molecular weight is 400 g/mol. The molecule has 0 saturated carbocycles. The van der Waals surface area contributed by atoms with Crippen LogP contribution in [0.25, 0.3) is 5.69 Å². The van der Waals surface area contributed by atoms with E-state index in [9.17, 15) is 4.79 Å². The van der Waals surface area contributed by atoms with E-state index < -0.39 is 0 Å². The number of carbonyl (C=O) groups is 1. The van der Waals surface area contributed by atoms with Crippen LogP contribution in [0.1, 0.15) is 16.0 Å². The molecule has 0 atom stereocenters. The Morgan fingerprint density at radius 3 is 2.74 bits per heavy atom. The highest BCUT2D eigenvalue weighted by Gasteiger charge is 2.18. The maximum absolute atomic E-state index is 12.7. The number of hydrogen-bond acceptors (Lipinski definition) is 6. The summed E-state index contributed by atoms with van der Waals surface area (Å²) in [6.45, 7) is 8.91. The molecule has 0 aliphatic heterocycles. The molecule has 0 N–H and O–H groups in total. The Labute approximate surface area is 166 Å². The molecule has 3 rings (SSSR count). The number of benzene rings is 1. The molecule has 27 heavy (non-hydrogen) atoms. The number of thioether (sulfide) groups is 1. The number of carbonyl (C=O) groups excluding carboxylic acids is 1. The van der Waals surface area contributed by atoms with Crippen LogP contribution in [0.2, 0.25) is 0 Å². The van der Waals surface area contributed by atoms with Gasteiger partial charge in [-0.15, -0.1) is 23.0 Å². The Morgan fingerprint density at radius 1 is 1.30 bits per heavy atom. The molecule has 140 valence electrons. The lowest BCUT2D eigenvalue weighted by Gasteiger charge is -2.20. The highest BCUT2D eigenvalue weighted by molar-refractivity contribution is 7.99. The van der Waals surface area contributed by atoms with Gasteiger partial charge in [0.05, 0.1) is 18.0 Å². The van der Waals surface area contributed by atoms with Crippen LogP contribution in [0.4, 0.5) is 0 Å². The smallest absolute Gasteiger partial charge is 0.233 e. The minimum absolute atomic E-state index is 0.0318. The molecule has 0 saturated heterocycles.